The molecule has 1 N–H and O–H groups in total. The van der Waals surface area contributed by atoms with Crippen molar-refractivity contribution >= 4 is 16.6 Å². The summed E-state index contributed by atoms with van der Waals surface area (Å²) in [4.78, 5) is 15.9. The Morgan fingerprint density at radius 2 is 2.24 bits per heavy atom. The van der Waals surface area contributed by atoms with Crippen LogP contribution in [0.2, 0.25) is 0 Å². The predicted octanol–water partition coefficient (Wildman–Crippen LogP) is 1.00. The third-order valence-electron chi connectivity index (χ3n) is 2.33. The molecule has 1 unspecified atom stereocenters. The molecule has 0 aromatic carbocycles. The summed E-state index contributed by atoms with van der Waals surface area (Å²) in [5.41, 5.74) is -0.111. The zero-order valence-electron chi connectivity index (χ0n) is 10.5. The molecule has 1 heterocycles. The first-order valence-corrected chi connectivity index (χ1v) is 7.36. The Hall–Kier alpha value is -1.17. The van der Waals surface area contributed by atoms with E-state index < -0.39 is 10.8 Å². The summed E-state index contributed by atoms with van der Waals surface area (Å²) < 4.78 is 12.5. The van der Waals surface area contributed by atoms with Crippen LogP contribution in [0.3, 0.4) is 0 Å². The van der Waals surface area contributed by atoms with Crippen LogP contribution in [0, 0.1) is 0 Å². The zero-order chi connectivity index (χ0) is 12.8. The third-order valence-corrected chi connectivity index (χ3v) is 3.19. The molecule has 5 nitrogen and oxygen atoms in total. The van der Waals surface area contributed by atoms with Gasteiger partial charge in [-0.05, 0) is 20.3 Å². The van der Waals surface area contributed by atoms with Crippen molar-refractivity contribution in [3.05, 3.63) is 22.7 Å². The molecule has 1 atom stereocenters. The molecule has 1 rings (SSSR count). The van der Waals surface area contributed by atoms with Gasteiger partial charge in [-0.15, -0.1) is 0 Å². The number of hydrogen-bond acceptors (Lipinski definition) is 4. The lowest BCUT2D eigenvalue weighted by atomic mass is 10.4. The number of nitrogens with zero attached hydrogens (tertiary/aromatic N) is 2. The first-order chi connectivity index (χ1) is 8.02. The summed E-state index contributed by atoms with van der Waals surface area (Å²) >= 11 is 0. The van der Waals surface area contributed by atoms with Gasteiger partial charge in [-0.25, -0.2) is 4.98 Å². The third kappa shape index (κ3) is 4.30. The minimum Gasteiger partial charge on any atom is -0.365 e. The molecule has 0 aliphatic rings. The van der Waals surface area contributed by atoms with Crippen molar-refractivity contribution < 1.29 is 4.21 Å². The van der Waals surface area contributed by atoms with Crippen LogP contribution in [0.4, 0.5) is 5.82 Å². The fourth-order valence-corrected chi connectivity index (χ4v) is 1.99. The van der Waals surface area contributed by atoms with Crippen LogP contribution in [0.5, 0.6) is 0 Å². The summed E-state index contributed by atoms with van der Waals surface area (Å²) in [6.07, 6.45) is 5.73. The Kier molecular flexibility index (Phi) is 5.34. The highest BCUT2D eigenvalue weighted by atomic mass is 32.2. The Labute approximate surface area is 104 Å². The van der Waals surface area contributed by atoms with Gasteiger partial charge in [-0.2, -0.15) is 0 Å². The van der Waals surface area contributed by atoms with Gasteiger partial charge in [0.2, 0.25) is 0 Å². The molecule has 96 valence electrons. The molecule has 0 radical (unpaired) electrons. The summed E-state index contributed by atoms with van der Waals surface area (Å²) in [7, 11) is -0.784. The van der Waals surface area contributed by atoms with E-state index in [2.05, 4.69) is 10.3 Å². The molecule has 0 aliphatic carbocycles. The van der Waals surface area contributed by atoms with Crippen molar-refractivity contribution in [2.45, 2.75) is 26.3 Å². The standard InChI is InChI=1S/C11H19N3O2S/c1-9(2)14-7-6-13-10(11(14)15)12-5-4-8-17(3)16/h6-7,9H,4-5,8H2,1-3H3,(H,12,13). The van der Waals surface area contributed by atoms with Crippen molar-refractivity contribution in [2.24, 2.45) is 0 Å². The van der Waals surface area contributed by atoms with E-state index in [1.54, 1.807) is 23.2 Å². The summed E-state index contributed by atoms with van der Waals surface area (Å²) in [5.74, 6) is 1.00. The van der Waals surface area contributed by atoms with E-state index in [0.29, 0.717) is 18.1 Å². The highest BCUT2D eigenvalue weighted by Crippen LogP contribution is 2.01. The lowest BCUT2D eigenvalue weighted by Crippen LogP contribution is -2.26. The molecule has 0 saturated heterocycles. The van der Waals surface area contributed by atoms with Gasteiger partial charge >= 0.3 is 0 Å². The molecule has 0 spiro atoms. The summed E-state index contributed by atoms with van der Waals surface area (Å²) in [6, 6.07) is 0.120. The second-order valence-corrected chi connectivity index (χ2v) is 5.69. The smallest absolute Gasteiger partial charge is 0.293 e. The van der Waals surface area contributed by atoms with E-state index in [1.165, 1.54) is 0 Å². The van der Waals surface area contributed by atoms with Gasteiger partial charge < -0.3 is 9.88 Å². The Bertz CT molecular complexity index is 443. The number of hydrogen-bond donors (Lipinski definition) is 1. The molecular weight excluding hydrogens is 238 g/mol. The fraction of sp³-hybridized carbons (Fsp3) is 0.636. The highest BCUT2D eigenvalue weighted by molar-refractivity contribution is 7.84. The lowest BCUT2D eigenvalue weighted by Gasteiger charge is -2.11. The topological polar surface area (TPSA) is 64.0 Å². The van der Waals surface area contributed by atoms with E-state index in [9.17, 15) is 9.00 Å². The fourth-order valence-electron chi connectivity index (χ4n) is 1.44. The van der Waals surface area contributed by atoms with E-state index in [0.717, 1.165) is 6.42 Å². The van der Waals surface area contributed by atoms with Gasteiger partial charge in [0.15, 0.2) is 5.82 Å². The van der Waals surface area contributed by atoms with Crippen molar-refractivity contribution in [1.29, 1.82) is 0 Å². The molecule has 0 saturated carbocycles. The zero-order valence-corrected chi connectivity index (χ0v) is 11.3. The Balaban J connectivity index is 2.63. The monoisotopic (exact) mass is 257 g/mol. The van der Waals surface area contributed by atoms with Gasteiger partial charge in [0.1, 0.15) is 0 Å². The largest absolute Gasteiger partial charge is 0.365 e. The molecular formula is C11H19N3O2S. The van der Waals surface area contributed by atoms with Crippen LogP contribution >= 0.6 is 0 Å². The van der Waals surface area contributed by atoms with E-state index >= 15 is 0 Å². The van der Waals surface area contributed by atoms with E-state index in [4.69, 9.17) is 0 Å². The summed E-state index contributed by atoms with van der Waals surface area (Å²) in [6.45, 7) is 4.51. The normalized spacial score (nSPS) is 12.7. The first kappa shape index (κ1) is 13.9. The molecule has 0 amide bonds. The maximum absolute atomic E-state index is 11.9. The quantitative estimate of drug-likeness (QED) is 0.772. The molecule has 17 heavy (non-hydrogen) atoms. The van der Waals surface area contributed by atoms with Crippen molar-refractivity contribution in [3.63, 3.8) is 0 Å². The average Bonchev–Trinajstić information content (AvgIpc) is 2.25. The Morgan fingerprint density at radius 3 is 2.82 bits per heavy atom. The van der Waals surface area contributed by atoms with Crippen LogP contribution < -0.4 is 10.9 Å². The van der Waals surface area contributed by atoms with Crippen molar-refractivity contribution in [1.82, 2.24) is 9.55 Å². The maximum atomic E-state index is 11.9. The van der Waals surface area contributed by atoms with E-state index in [1.807, 2.05) is 13.8 Å². The second kappa shape index (κ2) is 6.54. The van der Waals surface area contributed by atoms with Crippen LogP contribution in [-0.2, 0) is 10.8 Å². The first-order valence-electron chi connectivity index (χ1n) is 5.63. The molecule has 6 heteroatoms. The number of nitrogens with one attached hydrogen (secondary N) is 1. The minimum absolute atomic E-state index is 0.111. The van der Waals surface area contributed by atoms with Gasteiger partial charge in [-0.3, -0.25) is 9.00 Å². The lowest BCUT2D eigenvalue weighted by molar-refractivity contribution is 0.575. The van der Waals surface area contributed by atoms with Crippen molar-refractivity contribution in [2.75, 3.05) is 23.9 Å². The van der Waals surface area contributed by atoms with Crippen molar-refractivity contribution in [3.8, 4) is 0 Å². The number of anilines is 1. The van der Waals surface area contributed by atoms with Crippen LogP contribution in [0.1, 0.15) is 26.3 Å². The SMILES string of the molecule is CC(C)n1ccnc(NCCCS(C)=O)c1=O. The summed E-state index contributed by atoms with van der Waals surface area (Å²) in [5, 5.41) is 2.98. The minimum atomic E-state index is -0.784. The highest BCUT2D eigenvalue weighted by Gasteiger charge is 2.06. The number of aromatic nitrogens is 2. The number of rotatable bonds is 6. The van der Waals surface area contributed by atoms with E-state index in [-0.39, 0.29) is 11.6 Å². The predicted molar refractivity (Wildman–Crippen MR) is 70.9 cm³/mol. The molecule has 1 aromatic heterocycles. The van der Waals surface area contributed by atoms with Gasteiger partial charge in [0, 0.05) is 47.8 Å². The molecule has 1 aromatic rings. The Morgan fingerprint density at radius 1 is 1.53 bits per heavy atom. The molecule has 0 aliphatic heterocycles. The van der Waals surface area contributed by atoms with Gasteiger partial charge in [0.05, 0.1) is 0 Å². The maximum Gasteiger partial charge on any atom is 0.293 e. The molecule has 0 fully saturated rings. The van der Waals surface area contributed by atoms with Gasteiger partial charge in [0.25, 0.3) is 5.56 Å². The van der Waals surface area contributed by atoms with Crippen LogP contribution in [-0.4, -0.2) is 32.3 Å². The van der Waals surface area contributed by atoms with Crippen LogP contribution in [0.25, 0.3) is 0 Å². The van der Waals surface area contributed by atoms with Gasteiger partial charge in [-0.1, -0.05) is 0 Å². The van der Waals surface area contributed by atoms with Crippen LogP contribution in [0.15, 0.2) is 17.2 Å². The molecule has 0 bridgehead atoms. The second-order valence-electron chi connectivity index (χ2n) is 4.14. The average molecular weight is 257 g/mol.